The van der Waals surface area contributed by atoms with Gasteiger partial charge in [0.1, 0.15) is 11.8 Å². The van der Waals surface area contributed by atoms with Crippen LogP contribution in [0.1, 0.15) is 38.1 Å². The molecule has 0 spiro atoms. The lowest BCUT2D eigenvalue weighted by Gasteiger charge is -2.37. The highest BCUT2D eigenvalue weighted by Gasteiger charge is 2.33. The van der Waals surface area contributed by atoms with Crippen LogP contribution in [-0.4, -0.2) is 29.5 Å². The van der Waals surface area contributed by atoms with Crippen molar-refractivity contribution in [2.24, 2.45) is 0 Å². The fourth-order valence-electron chi connectivity index (χ4n) is 2.33. The van der Waals surface area contributed by atoms with Gasteiger partial charge in [0.15, 0.2) is 0 Å². The molecule has 1 heterocycles. The summed E-state index contributed by atoms with van der Waals surface area (Å²) in [6, 6.07) is 7.80. The fraction of sp³-hybridized carbons (Fsp3) is 0.467. The van der Waals surface area contributed by atoms with Crippen molar-refractivity contribution in [2.45, 2.75) is 39.0 Å². The predicted molar refractivity (Wildman–Crippen MR) is 75.0 cm³/mol. The Bertz CT molecular complexity index is 508. The van der Waals surface area contributed by atoms with Gasteiger partial charge in [-0.2, -0.15) is 0 Å². The predicted octanol–water partition coefficient (Wildman–Crippen LogP) is 2.22. The molecule has 0 saturated heterocycles. The molecule has 5 nitrogen and oxygen atoms in total. The van der Waals surface area contributed by atoms with Gasteiger partial charge in [0.2, 0.25) is 6.41 Å². The zero-order chi connectivity index (χ0) is 14.8. The second-order valence-electron chi connectivity index (χ2n) is 5.81. The van der Waals surface area contributed by atoms with Crippen LogP contribution in [0.15, 0.2) is 24.3 Å². The largest absolute Gasteiger partial charge is 0.444 e. The van der Waals surface area contributed by atoms with Gasteiger partial charge in [-0.05, 0) is 38.3 Å². The van der Waals surface area contributed by atoms with Gasteiger partial charge in [-0.25, -0.2) is 4.79 Å². The van der Waals surface area contributed by atoms with Crippen LogP contribution < -0.4 is 5.32 Å². The number of nitrogens with one attached hydrogen (secondary N) is 1. The third-order valence-electron chi connectivity index (χ3n) is 3.14. The molecule has 0 aromatic heterocycles. The summed E-state index contributed by atoms with van der Waals surface area (Å²) in [4.78, 5) is 24.7. The molecule has 108 valence electrons. The summed E-state index contributed by atoms with van der Waals surface area (Å²) in [6.45, 7) is 6.00. The SMILES string of the molecule is CC(C)(C)OC(=O)N1CCc2ccccc2[C@@H]1NC=O. The van der Waals surface area contributed by atoms with Gasteiger partial charge in [-0.15, -0.1) is 0 Å². The summed E-state index contributed by atoms with van der Waals surface area (Å²) in [7, 11) is 0. The van der Waals surface area contributed by atoms with Gasteiger partial charge in [0.05, 0.1) is 0 Å². The summed E-state index contributed by atoms with van der Waals surface area (Å²) >= 11 is 0. The van der Waals surface area contributed by atoms with E-state index in [9.17, 15) is 9.59 Å². The van der Waals surface area contributed by atoms with Crippen LogP contribution in [0.25, 0.3) is 0 Å². The molecule has 0 bridgehead atoms. The molecule has 1 atom stereocenters. The van der Waals surface area contributed by atoms with E-state index in [0.29, 0.717) is 13.0 Å². The Morgan fingerprint density at radius 2 is 2.10 bits per heavy atom. The third kappa shape index (κ3) is 3.10. The Kier molecular flexibility index (Phi) is 3.97. The molecule has 1 aromatic carbocycles. The number of nitrogens with zero attached hydrogens (tertiary/aromatic N) is 1. The van der Waals surface area contributed by atoms with E-state index in [2.05, 4.69) is 5.32 Å². The molecule has 0 saturated carbocycles. The van der Waals surface area contributed by atoms with Crippen molar-refractivity contribution in [3.05, 3.63) is 35.4 Å². The molecule has 2 rings (SSSR count). The molecule has 0 radical (unpaired) electrons. The molecular formula is C15H20N2O3. The summed E-state index contributed by atoms with van der Waals surface area (Å²) in [5, 5.41) is 2.70. The number of ether oxygens (including phenoxy) is 1. The molecular weight excluding hydrogens is 256 g/mol. The topological polar surface area (TPSA) is 58.6 Å². The van der Waals surface area contributed by atoms with Crippen molar-refractivity contribution in [2.75, 3.05) is 6.54 Å². The maximum atomic E-state index is 12.3. The second kappa shape index (κ2) is 5.53. The summed E-state index contributed by atoms with van der Waals surface area (Å²) in [6.07, 6.45) is 0.495. The van der Waals surface area contributed by atoms with Crippen LogP contribution >= 0.6 is 0 Å². The van der Waals surface area contributed by atoms with Crippen molar-refractivity contribution < 1.29 is 14.3 Å². The summed E-state index contributed by atoms with van der Waals surface area (Å²) in [5.74, 6) is 0. The molecule has 1 aliphatic heterocycles. The van der Waals surface area contributed by atoms with E-state index in [4.69, 9.17) is 4.74 Å². The van der Waals surface area contributed by atoms with Gasteiger partial charge in [0, 0.05) is 6.54 Å². The molecule has 20 heavy (non-hydrogen) atoms. The Morgan fingerprint density at radius 1 is 1.40 bits per heavy atom. The maximum absolute atomic E-state index is 12.3. The van der Waals surface area contributed by atoms with Crippen LogP contribution in [-0.2, 0) is 16.0 Å². The van der Waals surface area contributed by atoms with Crippen LogP contribution in [0, 0.1) is 0 Å². The van der Waals surface area contributed by atoms with Gasteiger partial charge in [-0.3, -0.25) is 9.69 Å². The highest BCUT2D eigenvalue weighted by Crippen LogP contribution is 2.28. The highest BCUT2D eigenvalue weighted by molar-refractivity contribution is 5.70. The summed E-state index contributed by atoms with van der Waals surface area (Å²) < 4.78 is 5.40. The van der Waals surface area contributed by atoms with Gasteiger partial charge in [0.25, 0.3) is 0 Å². The van der Waals surface area contributed by atoms with Crippen LogP contribution in [0.2, 0.25) is 0 Å². The number of benzene rings is 1. The van der Waals surface area contributed by atoms with Crippen LogP contribution in [0.3, 0.4) is 0 Å². The van der Waals surface area contributed by atoms with E-state index in [1.54, 1.807) is 4.90 Å². The maximum Gasteiger partial charge on any atom is 0.412 e. The standard InChI is InChI=1S/C15H20N2O3/c1-15(2,3)20-14(19)17-9-8-11-6-4-5-7-12(11)13(17)16-10-18/h4-7,10,13H,8-9H2,1-3H3,(H,16,18)/t13-/m1/s1. The molecule has 0 unspecified atom stereocenters. The van der Waals surface area contributed by atoms with E-state index >= 15 is 0 Å². The van der Waals surface area contributed by atoms with Gasteiger partial charge < -0.3 is 10.1 Å². The molecule has 1 N–H and O–H groups in total. The number of carbonyl (C=O) groups excluding carboxylic acids is 2. The van der Waals surface area contributed by atoms with Crippen molar-refractivity contribution in [3.8, 4) is 0 Å². The first kappa shape index (κ1) is 14.4. The average Bonchev–Trinajstić information content (AvgIpc) is 2.37. The number of fused-ring (bicyclic) bond motifs is 1. The smallest absolute Gasteiger partial charge is 0.412 e. The van der Waals surface area contributed by atoms with E-state index in [0.717, 1.165) is 17.5 Å². The lowest BCUT2D eigenvalue weighted by Crippen LogP contribution is -2.47. The fourth-order valence-corrected chi connectivity index (χ4v) is 2.33. The van der Waals surface area contributed by atoms with Gasteiger partial charge >= 0.3 is 6.09 Å². The van der Waals surface area contributed by atoms with Crippen molar-refractivity contribution in [1.29, 1.82) is 0 Å². The lowest BCUT2D eigenvalue weighted by atomic mass is 9.97. The minimum absolute atomic E-state index is 0.411. The normalized spacial score (nSPS) is 18.1. The first-order valence-electron chi connectivity index (χ1n) is 6.69. The van der Waals surface area contributed by atoms with Crippen molar-refractivity contribution in [3.63, 3.8) is 0 Å². The van der Waals surface area contributed by atoms with Crippen molar-refractivity contribution >= 4 is 12.5 Å². The number of carbonyl (C=O) groups is 2. The first-order valence-corrected chi connectivity index (χ1v) is 6.69. The van der Waals surface area contributed by atoms with E-state index < -0.39 is 17.9 Å². The minimum Gasteiger partial charge on any atom is -0.444 e. The van der Waals surface area contributed by atoms with Crippen molar-refractivity contribution in [1.82, 2.24) is 10.2 Å². The Balaban J connectivity index is 2.26. The zero-order valence-electron chi connectivity index (χ0n) is 12.1. The summed E-state index contributed by atoms with van der Waals surface area (Å²) in [5.41, 5.74) is 1.53. The Labute approximate surface area is 118 Å². The zero-order valence-corrected chi connectivity index (χ0v) is 12.1. The lowest BCUT2D eigenvalue weighted by molar-refractivity contribution is -0.111. The monoisotopic (exact) mass is 276 g/mol. The molecule has 0 fully saturated rings. The minimum atomic E-state index is -0.556. The molecule has 1 aromatic rings. The third-order valence-corrected chi connectivity index (χ3v) is 3.14. The van der Waals surface area contributed by atoms with E-state index in [1.165, 1.54) is 0 Å². The average molecular weight is 276 g/mol. The second-order valence-corrected chi connectivity index (χ2v) is 5.81. The van der Waals surface area contributed by atoms with E-state index in [-0.39, 0.29) is 0 Å². The molecule has 2 amide bonds. The van der Waals surface area contributed by atoms with E-state index in [1.807, 2.05) is 45.0 Å². The molecule has 5 heteroatoms. The van der Waals surface area contributed by atoms with Crippen LogP contribution in [0.5, 0.6) is 0 Å². The molecule has 0 aliphatic carbocycles. The number of rotatable bonds is 2. The van der Waals surface area contributed by atoms with Crippen LogP contribution in [0.4, 0.5) is 4.79 Å². The Morgan fingerprint density at radius 3 is 2.75 bits per heavy atom. The highest BCUT2D eigenvalue weighted by atomic mass is 16.6. The molecule has 1 aliphatic rings. The number of hydrogen-bond acceptors (Lipinski definition) is 3. The quantitative estimate of drug-likeness (QED) is 0.843. The number of hydrogen-bond donors (Lipinski definition) is 1. The van der Waals surface area contributed by atoms with Gasteiger partial charge in [-0.1, -0.05) is 24.3 Å². The Hall–Kier alpha value is -2.04. The first-order chi connectivity index (χ1) is 9.42. The number of amides is 2.